The minimum atomic E-state index is 0.421. The molecule has 2 rings (SSSR count). The van der Waals surface area contributed by atoms with Gasteiger partial charge in [-0.25, -0.2) is 0 Å². The van der Waals surface area contributed by atoms with E-state index >= 15 is 0 Å². The van der Waals surface area contributed by atoms with Gasteiger partial charge in [-0.15, -0.1) is 5.10 Å². The topological polar surface area (TPSA) is 73.9 Å². The lowest BCUT2D eigenvalue weighted by molar-refractivity contribution is 0.390. The monoisotopic (exact) mass is 192 g/mol. The van der Waals surface area contributed by atoms with Crippen molar-refractivity contribution in [3.05, 3.63) is 18.2 Å². The molecule has 0 spiro atoms. The number of aryl methyl sites for hydroxylation is 1. The van der Waals surface area contributed by atoms with E-state index in [1.165, 1.54) is 7.11 Å². The molecule has 0 N–H and O–H groups in total. The molecule has 0 aliphatic heterocycles. The second kappa shape index (κ2) is 3.41. The number of hydrogen-bond acceptors (Lipinski definition) is 6. The summed E-state index contributed by atoms with van der Waals surface area (Å²) in [4.78, 5) is 4.06. The fraction of sp³-hybridized carbons (Fsp3) is 0.250. The molecule has 0 fully saturated rings. The molecule has 2 aromatic heterocycles. The highest BCUT2D eigenvalue weighted by Gasteiger charge is 2.07. The summed E-state index contributed by atoms with van der Waals surface area (Å²) < 4.78 is 9.77. The summed E-state index contributed by atoms with van der Waals surface area (Å²) in [6.07, 6.45) is 1.55. The van der Waals surface area contributed by atoms with Crippen molar-refractivity contribution in [3.63, 3.8) is 0 Å². The highest BCUT2D eigenvalue weighted by molar-refractivity contribution is 5.53. The molecule has 0 atom stereocenters. The quantitative estimate of drug-likeness (QED) is 0.702. The summed E-state index contributed by atoms with van der Waals surface area (Å²) in [7, 11) is 1.52. The Morgan fingerprint density at radius 2 is 2.29 bits per heavy atom. The molecule has 0 radical (unpaired) electrons. The van der Waals surface area contributed by atoms with Crippen molar-refractivity contribution < 1.29 is 9.26 Å². The molecule has 0 saturated heterocycles. The first-order valence-corrected chi connectivity index (χ1v) is 3.97. The normalized spacial score (nSPS) is 10.1. The molecular formula is C8H8N4O2. The lowest BCUT2D eigenvalue weighted by atomic mass is 10.3. The molecule has 2 aromatic rings. The largest absolute Gasteiger partial charge is 0.480 e. The summed E-state index contributed by atoms with van der Waals surface area (Å²) in [5.41, 5.74) is 0.716. The Balaban J connectivity index is 2.41. The molecule has 0 aliphatic rings. The average Bonchev–Trinajstić information content (AvgIpc) is 2.65. The van der Waals surface area contributed by atoms with Crippen LogP contribution in [0.15, 0.2) is 16.8 Å². The Kier molecular flexibility index (Phi) is 2.10. The third kappa shape index (κ3) is 1.54. The predicted molar refractivity (Wildman–Crippen MR) is 46.6 cm³/mol. The fourth-order valence-corrected chi connectivity index (χ4v) is 0.986. The number of methoxy groups -OCH3 is 1. The van der Waals surface area contributed by atoms with Gasteiger partial charge in [-0.2, -0.15) is 10.1 Å². The lowest BCUT2D eigenvalue weighted by Crippen LogP contribution is -1.91. The lowest BCUT2D eigenvalue weighted by Gasteiger charge is -1.97. The van der Waals surface area contributed by atoms with Gasteiger partial charge in [-0.3, -0.25) is 0 Å². The Bertz CT molecular complexity index is 440. The molecule has 72 valence electrons. The second-order valence-corrected chi connectivity index (χ2v) is 2.62. The summed E-state index contributed by atoms with van der Waals surface area (Å²) in [6.45, 7) is 1.72. The molecule has 0 bridgehead atoms. The Morgan fingerprint density at radius 3 is 2.93 bits per heavy atom. The molecule has 0 amide bonds. The molecule has 6 nitrogen and oxygen atoms in total. The van der Waals surface area contributed by atoms with Crippen LogP contribution in [0.5, 0.6) is 5.88 Å². The van der Waals surface area contributed by atoms with Gasteiger partial charge in [-0.1, -0.05) is 5.16 Å². The van der Waals surface area contributed by atoms with E-state index in [2.05, 4.69) is 20.3 Å². The van der Waals surface area contributed by atoms with Gasteiger partial charge in [-0.05, 0) is 0 Å². The third-order valence-electron chi connectivity index (χ3n) is 1.63. The maximum absolute atomic E-state index is 4.92. The maximum Gasteiger partial charge on any atom is 0.233 e. The van der Waals surface area contributed by atoms with Crippen molar-refractivity contribution in [1.82, 2.24) is 20.3 Å². The van der Waals surface area contributed by atoms with Gasteiger partial charge in [0.2, 0.25) is 17.6 Å². The van der Waals surface area contributed by atoms with E-state index in [0.29, 0.717) is 23.2 Å². The van der Waals surface area contributed by atoms with E-state index in [0.717, 1.165) is 0 Å². The van der Waals surface area contributed by atoms with E-state index in [4.69, 9.17) is 9.26 Å². The van der Waals surface area contributed by atoms with Crippen molar-refractivity contribution in [2.75, 3.05) is 7.11 Å². The molecular weight excluding hydrogens is 184 g/mol. The van der Waals surface area contributed by atoms with Crippen LogP contribution in [0.2, 0.25) is 0 Å². The number of rotatable bonds is 2. The maximum atomic E-state index is 4.92. The molecule has 6 heteroatoms. The predicted octanol–water partition coefficient (Wildman–Crippen LogP) is 0.844. The van der Waals surface area contributed by atoms with Crippen LogP contribution in [-0.4, -0.2) is 27.4 Å². The van der Waals surface area contributed by atoms with E-state index < -0.39 is 0 Å². The summed E-state index contributed by atoms with van der Waals surface area (Å²) in [5, 5.41) is 11.2. The van der Waals surface area contributed by atoms with Crippen molar-refractivity contribution in [2.24, 2.45) is 0 Å². The van der Waals surface area contributed by atoms with E-state index in [1.807, 2.05) is 0 Å². The number of ether oxygens (including phenoxy) is 1. The van der Waals surface area contributed by atoms with Crippen LogP contribution in [0, 0.1) is 6.92 Å². The zero-order valence-corrected chi connectivity index (χ0v) is 7.76. The van der Waals surface area contributed by atoms with Gasteiger partial charge in [0.1, 0.15) is 0 Å². The fourth-order valence-electron chi connectivity index (χ4n) is 0.986. The minimum Gasteiger partial charge on any atom is -0.480 e. The molecule has 2 heterocycles. The number of hydrogen-bond donors (Lipinski definition) is 0. The molecule has 14 heavy (non-hydrogen) atoms. The van der Waals surface area contributed by atoms with Gasteiger partial charge in [0, 0.05) is 18.6 Å². The van der Waals surface area contributed by atoms with Crippen LogP contribution in [0.1, 0.15) is 5.89 Å². The van der Waals surface area contributed by atoms with Crippen LogP contribution >= 0.6 is 0 Å². The molecule has 0 unspecified atom stereocenters. The van der Waals surface area contributed by atoms with Crippen molar-refractivity contribution in [2.45, 2.75) is 6.92 Å². The van der Waals surface area contributed by atoms with Gasteiger partial charge in [0.25, 0.3) is 0 Å². The smallest absolute Gasteiger partial charge is 0.233 e. The van der Waals surface area contributed by atoms with Crippen molar-refractivity contribution in [1.29, 1.82) is 0 Å². The SMILES string of the molecule is COc1cc(-c2noc(C)n2)cnn1. The van der Waals surface area contributed by atoms with Crippen molar-refractivity contribution >= 4 is 0 Å². The van der Waals surface area contributed by atoms with E-state index in [1.54, 1.807) is 19.2 Å². The summed E-state index contributed by atoms with van der Waals surface area (Å²) in [5.74, 6) is 1.41. The van der Waals surface area contributed by atoms with Gasteiger partial charge in [0.05, 0.1) is 13.3 Å². The number of aromatic nitrogens is 4. The first kappa shape index (κ1) is 8.61. The van der Waals surface area contributed by atoms with E-state index in [-0.39, 0.29) is 0 Å². The first-order valence-electron chi connectivity index (χ1n) is 3.97. The Labute approximate surface area is 79.9 Å². The zero-order chi connectivity index (χ0) is 9.97. The van der Waals surface area contributed by atoms with Gasteiger partial charge >= 0.3 is 0 Å². The van der Waals surface area contributed by atoms with Crippen LogP contribution < -0.4 is 4.74 Å². The first-order chi connectivity index (χ1) is 6.79. The highest BCUT2D eigenvalue weighted by atomic mass is 16.5. The van der Waals surface area contributed by atoms with Crippen LogP contribution in [0.4, 0.5) is 0 Å². The Morgan fingerprint density at radius 1 is 1.43 bits per heavy atom. The Hall–Kier alpha value is -1.98. The van der Waals surface area contributed by atoms with Crippen LogP contribution in [-0.2, 0) is 0 Å². The van der Waals surface area contributed by atoms with Crippen LogP contribution in [0.3, 0.4) is 0 Å². The summed E-state index contributed by atoms with van der Waals surface area (Å²) >= 11 is 0. The number of nitrogens with zero attached hydrogens (tertiary/aromatic N) is 4. The third-order valence-corrected chi connectivity index (χ3v) is 1.63. The molecule has 0 aromatic carbocycles. The highest BCUT2D eigenvalue weighted by Crippen LogP contribution is 2.17. The molecule has 0 aliphatic carbocycles. The van der Waals surface area contributed by atoms with Crippen LogP contribution in [0.25, 0.3) is 11.4 Å². The minimum absolute atomic E-state index is 0.421. The summed E-state index contributed by atoms with van der Waals surface area (Å²) in [6, 6.07) is 1.69. The van der Waals surface area contributed by atoms with Crippen molar-refractivity contribution in [3.8, 4) is 17.3 Å². The second-order valence-electron chi connectivity index (χ2n) is 2.62. The molecule has 0 saturated carbocycles. The van der Waals surface area contributed by atoms with Gasteiger partial charge < -0.3 is 9.26 Å². The standard InChI is InChI=1S/C8H8N4O2/c1-5-10-8(12-14-5)6-3-7(13-2)11-9-4-6/h3-4H,1-2H3. The van der Waals surface area contributed by atoms with E-state index in [9.17, 15) is 0 Å². The average molecular weight is 192 g/mol. The van der Waals surface area contributed by atoms with Gasteiger partial charge in [0.15, 0.2) is 0 Å². The zero-order valence-electron chi connectivity index (χ0n) is 7.76.